The lowest BCUT2D eigenvalue weighted by molar-refractivity contribution is 0.252. The van der Waals surface area contributed by atoms with E-state index >= 15 is 0 Å². The van der Waals surface area contributed by atoms with Gasteiger partial charge in [-0.2, -0.15) is 17.0 Å². The normalized spacial score (nSPS) is 18.2. The molecule has 0 spiro atoms. The number of imidazole rings is 1. The molecule has 6 nitrogen and oxygen atoms in total. The smallest absolute Gasteiger partial charge is 0.281 e. The van der Waals surface area contributed by atoms with Crippen LogP contribution in [0.4, 0.5) is 0 Å². The summed E-state index contributed by atoms with van der Waals surface area (Å²) in [4.78, 5) is 4.89. The highest BCUT2D eigenvalue weighted by molar-refractivity contribution is 7.86. The molecule has 2 aromatic heterocycles. The van der Waals surface area contributed by atoms with Crippen LogP contribution in [0.15, 0.2) is 60.9 Å². The zero-order valence-corrected chi connectivity index (χ0v) is 16.4. The van der Waals surface area contributed by atoms with E-state index in [1.165, 1.54) is 9.87 Å². The van der Waals surface area contributed by atoms with Gasteiger partial charge in [-0.15, -0.1) is 0 Å². The summed E-state index contributed by atoms with van der Waals surface area (Å²) < 4.78 is 30.0. The average Bonchev–Trinajstić information content (AvgIpc) is 3.13. The number of hydrogen-bond acceptors (Lipinski definition) is 3. The van der Waals surface area contributed by atoms with Gasteiger partial charge in [0.1, 0.15) is 5.65 Å². The molecule has 1 fully saturated rings. The van der Waals surface area contributed by atoms with Gasteiger partial charge in [0.05, 0.1) is 5.69 Å². The lowest BCUT2D eigenvalue weighted by Crippen LogP contribution is -2.49. The Hall–Kier alpha value is -2.22. The van der Waals surface area contributed by atoms with Gasteiger partial charge in [0.2, 0.25) is 0 Å². The summed E-state index contributed by atoms with van der Waals surface area (Å²) in [7, 11) is -0.238. The Bertz CT molecular complexity index is 1000. The Morgan fingerprint density at radius 2 is 1.67 bits per heavy atom. The van der Waals surface area contributed by atoms with Crippen molar-refractivity contribution in [2.75, 3.05) is 27.2 Å². The van der Waals surface area contributed by atoms with Crippen molar-refractivity contribution in [2.45, 2.75) is 18.3 Å². The van der Waals surface area contributed by atoms with Crippen molar-refractivity contribution in [3.05, 3.63) is 72.2 Å². The monoisotopic (exact) mass is 384 g/mol. The first kappa shape index (κ1) is 18.2. The Balaban J connectivity index is 1.76. The highest BCUT2D eigenvalue weighted by atomic mass is 32.2. The van der Waals surface area contributed by atoms with Gasteiger partial charge in [0.25, 0.3) is 10.2 Å². The maximum absolute atomic E-state index is 12.5. The lowest BCUT2D eigenvalue weighted by atomic mass is 9.71. The molecule has 1 saturated heterocycles. The summed E-state index contributed by atoms with van der Waals surface area (Å²) in [6.07, 6.45) is 5.48. The van der Waals surface area contributed by atoms with Gasteiger partial charge in [-0.3, -0.25) is 0 Å². The van der Waals surface area contributed by atoms with Gasteiger partial charge < -0.3 is 4.40 Å². The third kappa shape index (κ3) is 3.05. The number of hydrogen-bond donors (Lipinski definition) is 0. The first-order valence-corrected chi connectivity index (χ1v) is 10.5. The summed E-state index contributed by atoms with van der Waals surface area (Å²) in [5.41, 5.74) is 2.81. The van der Waals surface area contributed by atoms with E-state index in [-0.39, 0.29) is 5.41 Å². The summed E-state index contributed by atoms with van der Waals surface area (Å²) in [5, 5.41) is 0. The fourth-order valence-corrected chi connectivity index (χ4v) is 5.05. The van der Waals surface area contributed by atoms with Crippen molar-refractivity contribution in [3.8, 4) is 0 Å². The number of aromatic nitrogens is 2. The Morgan fingerprint density at radius 3 is 2.30 bits per heavy atom. The van der Waals surface area contributed by atoms with Crippen LogP contribution in [0.3, 0.4) is 0 Å². The van der Waals surface area contributed by atoms with Crippen LogP contribution in [0, 0.1) is 0 Å². The Labute approximate surface area is 160 Å². The fraction of sp³-hybridized carbons (Fsp3) is 0.350. The molecule has 7 heteroatoms. The van der Waals surface area contributed by atoms with Crippen LogP contribution in [-0.4, -0.2) is 53.6 Å². The molecule has 3 aromatic rings. The number of benzene rings is 1. The van der Waals surface area contributed by atoms with Crippen LogP contribution in [0.1, 0.15) is 24.1 Å². The van der Waals surface area contributed by atoms with Crippen molar-refractivity contribution >= 4 is 15.9 Å². The Kier molecular flexibility index (Phi) is 4.53. The molecule has 0 unspecified atom stereocenters. The van der Waals surface area contributed by atoms with E-state index in [4.69, 9.17) is 4.98 Å². The van der Waals surface area contributed by atoms with Crippen LogP contribution in [0.25, 0.3) is 5.65 Å². The average molecular weight is 385 g/mol. The molecule has 0 saturated carbocycles. The van der Waals surface area contributed by atoms with Crippen molar-refractivity contribution in [1.82, 2.24) is 18.0 Å². The maximum Gasteiger partial charge on any atom is 0.281 e. The van der Waals surface area contributed by atoms with Gasteiger partial charge in [0.15, 0.2) is 0 Å². The molecule has 27 heavy (non-hydrogen) atoms. The molecule has 1 aliphatic heterocycles. The molecule has 0 aliphatic carbocycles. The van der Waals surface area contributed by atoms with E-state index in [9.17, 15) is 8.42 Å². The number of rotatable bonds is 4. The number of pyridine rings is 1. The molecule has 4 rings (SSSR count). The molecule has 0 N–H and O–H groups in total. The van der Waals surface area contributed by atoms with E-state index in [0.717, 1.165) is 11.3 Å². The van der Waals surface area contributed by atoms with Gasteiger partial charge in [-0.05, 0) is 30.5 Å². The quantitative estimate of drug-likeness (QED) is 0.695. The van der Waals surface area contributed by atoms with Gasteiger partial charge in [0, 0.05) is 45.0 Å². The third-order valence-electron chi connectivity index (χ3n) is 5.54. The van der Waals surface area contributed by atoms with E-state index in [1.54, 1.807) is 18.4 Å². The summed E-state index contributed by atoms with van der Waals surface area (Å²) in [6.45, 7) is 0.951. The van der Waals surface area contributed by atoms with Crippen molar-refractivity contribution in [2.24, 2.45) is 0 Å². The molecule has 0 radical (unpaired) electrons. The topological polar surface area (TPSA) is 57.9 Å². The highest BCUT2D eigenvalue weighted by Crippen LogP contribution is 2.41. The van der Waals surface area contributed by atoms with E-state index in [1.807, 2.05) is 47.0 Å². The van der Waals surface area contributed by atoms with Crippen molar-refractivity contribution in [3.63, 3.8) is 0 Å². The van der Waals surface area contributed by atoms with Crippen molar-refractivity contribution in [1.29, 1.82) is 0 Å². The molecule has 0 amide bonds. The van der Waals surface area contributed by atoms with E-state index in [0.29, 0.717) is 25.9 Å². The van der Waals surface area contributed by atoms with E-state index in [2.05, 4.69) is 18.3 Å². The van der Waals surface area contributed by atoms with Gasteiger partial charge in [-0.25, -0.2) is 4.98 Å². The number of nitrogens with zero attached hydrogens (tertiary/aromatic N) is 4. The van der Waals surface area contributed by atoms with Crippen LogP contribution in [0.5, 0.6) is 0 Å². The first-order chi connectivity index (χ1) is 12.9. The molecule has 1 aromatic carbocycles. The summed E-state index contributed by atoms with van der Waals surface area (Å²) in [5.74, 6) is 0. The molecule has 0 atom stereocenters. The zero-order chi connectivity index (χ0) is 19.1. The molecular formula is C20H24N4O2S. The predicted molar refractivity (Wildman–Crippen MR) is 106 cm³/mol. The minimum Gasteiger partial charge on any atom is -0.307 e. The first-order valence-electron chi connectivity index (χ1n) is 9.11. The number of piperidine rings is 1. The largest absolute Gasteiger partial charge is 0.307 e. The van der Waals surface area contributed by atoms with Crippen LogP contribution < -0.4 is 0 Å². The minimum absolute atomic E-state index is 0.286. The molecule has 142 valence electrons. The van der Waals surface area contributed by atoms with Crippen LogP contribution in [-0.2, 0) is 15.6 Å². The fourth-order valence-electron chi connectivity index (χ4n) is 3.94. The summed E-state index contributed by atoms with van der Waals surface area (Å²) in [6, 6.07) is 16.3. The second-order valence-electron chi connectivity index (χ2n) is 7.23. The second-order valence-corrected chi connectivity index (χ2v) is 9.37. The highest BCUT2D eigenvalue weighted by Gasteiger charge is 2.42. The SMILES string of the molecule is CN(C)S(=O)(=O)N1CCC(c2ccccc2)(c2cn3ccccc3n2)CC1. The molecular weight excluding hydrogens is 360 g/mol. The molecule has 3 heterocycles. The third-order valence-corrected chi connectivity index (χ3v) is 7.48. The van der Waals surface area contributed by atoms with Crippen molar-refractivity contribution < 1.29 is 8.42 Å². The maximum atomic E-state index is 12.5. The van der Waals surface area contributed by atoms with Crippen LogP contribution in [0.2, 0.25) is 0 Å². The minimum atomic E-state index is -3.40. The molecule has 0 bridgehead atoms. The standard InChI is InChI=1S/C20H24N4O2S/c1-22(2)27(25,26)24-14-11-20(12-15-24,17-8-4-3-5-9-17)18-16-23-13-7-6-10-19(23)21-18/h3-10,13,16H,11-12,14-15H2,1-2H3. The Morgan fingerprint density at radius 1 is 1.00 bits per heavy atom. The second kappa shape index (κ2) is 6.74. The predicted octanol–water partition coefficient (Wildman–Crippen LogP) is 2.52. The summed E-state index contributed by atoms with van der Waals surface area (Å²) >= 11 is 0. The van der Waals surface area contributed by atoms with Crippen LogP contribution >= 0.6 is 0 Å². The molecule has 1 aliphatic rings. The van der Waals surface area contributed by atoms with E-state index < -0.39 is 10.2 Å². The van der Waals surface area contributed by atoms with Gasteiger partial charge in [-0.1, -0.05) is 36.4 Å². The lowest BCUT2D eigenvalue weighted by Gasteiger charge is -2.41. The number of fused-ring (bicyclic) bond motifs is 1. The van der Waals surface area contributed by atoms with Gasteiger partial charge >= 0.3 is 0 Å². The zero-order valence-electron chi connectivity index (χ0n) is 15.6.